The average molecular weight is 452 g/mol. The Hall–Kier alpha value is -2.55. The molecule has 2 aromatic rings. The largest absolute Gasteiger partial charge is 0.476 e. The van der Waals surface area contributed by atoms with Crippen molar-refractivity contribution in [1.29, 1.82) is 0 Å². The molecule has 33 heavy (non-hydrogen) atoms. The Morgan fingerprint density at radius 3 is 2.55 bits per heavy atom. The van der Waals surface area contributed by atoms with Gasteiger partial charge in [0.15, 0.2) is 5.82 Å². The minimum Gasteiger partial charge on any atom is -0.476 e. The molecule has 0 atom stereocenters. The Morgan fingerprint density at radius 1 is 0.970 bits per heavy atom. The molecule has 1 aliphatic carbocycles. The maximum Gasteiger partial charge on any atom is 0.217 e. The highest BCUT2D eigenvalue weighted by Gasteiger charge is 2.23. The Balaban J connectivity index is 1.25. The number of benzene rings is 1. The molecule has 3 fully saturated rings. The van der Waals surface area contributed by atoms with Crippen molar-refractivity contribution in [2.24, 2.45) is 10.2 Å². The van der Waals surface area contributed by atoms with E-state index in [9.17, 15) is 0 Å². The summed E-state index contributed by atoms with van der Waals surface area (Å²) in [5.74, 6) is 1.92. The zero-order valence-electron chi connectivity index (χ0n) is 19.2. The van der Waals surface area contributed by atoms with Gasteiger partial charge < -0.3 is 19.1 Å². The standard InChI is InChI=1S/C25H33N5O3/c1-2-20(16-22(3-1)21-4-5-21)19-26-28-24-17-23(30-9-13-32-14-10-30)18-25(27-24)33-15-8-29-6-11-31-12-7-29/h1-3,16-18,21H,4-15,19H2. The van der Waals surface area contributed by atoms with Crippen LogP contribution in [0.15, 0.2) is 46.6 Å². The van der Waals surface area contributed by atoms with Crippen molar-refractivity contribution < 1.29 is 14.2 Å². The van der Waals surface area contributed by atoms with Gasteiger partial charge in [0.25, 0.3) is 0 Å². The van der Waals surface area contributed by atoms with Gasteiger partial charge >= 0.3 is 0 Å². The van der Waals surface area contributed by atoms with Crippen molar-refractivity contribution in [3.05, 3.63) is 47.5 Å². The Bertz CT molecular complexity index is 937. The molecule has 3 heterocycles. The lowest BCUT2D eigenvalue weighted by atomic mass is 10.1. The van der Waals surface area contributed by atoms with Crippen LogP contribution in [0, 0.1) is 0 Å². The topological polar surface area (TPSA) is 71.8 Å². The maximum atomic E-state index is 6.04. The SMILES string of the molecule is c1cc(CN=Nc2cc(N3CCOCC3)cc(OCCN3CCOCC3)n2)cc(C2CC2)c1. The lowest BCUT2D eigenvalue weighted by molar-refractivity contribution is 0.0320. The molecule has 0 radical (unpaired) electrons. The molecular formula is C25H33N5O3. The first-order valence-corrected chi connectivity index (χ1v) is 12.1. The highest BCUT2D eigenvalue weighted by Crippen LogP contribution is 2.40. The maximum absolute atomic E-state index is 6.04. The smallest absolute Gasteiger partial charge is 0.217 e. The first-order chi connectivity index (χ1) is 16.3. The van der Waals surface area contributed by atoms with E-state index in [0.717, 1.165) is 70.8 Å². The van der Waals surface area contributed by atoms with Gasteiger partial charge in [-0.2, -0.15) is 10.1 Å². The fourth-order valence-corrected chi connectivity index (χ4v) is 4.26. The molecule has 0 spiro atoms. The van der Waals surface area contributed by atoms with Crippen LogP contribution >= 0.6 is 0 Å². The molecule has 5 rings (SSSR count). The lowest BCUT2D eigenvalue weighted by Gasteiger charge is -2.29. The molecule has 2 saturated heterocycles. The normalized spacial score (nSPS) is 19.8. The first-order valence-electron chi connectivity index (χ1n) is 12.1. The molecule has 0 amide bonds. The van der Waals surface area contributed by atoms with Gasteiger partial charge in [-0.05, 0) is 29.9 Å². The van der Waals surface area contributed by atoms with Crippen LogP contribution in [0.25, 0.3) is 0 Å². The third-order valence-electron chi connectivity index (χ3n) is 6.34. The van der Waals surface area contributed by atoms with Gasteiger partial charge in [-0.3, -0.25) is 4.90 Å². The molecular weight excluding hydrogens is 418 g/mol. The van der Waals surface area contributed by atoms with E-state index in [2.05, 4.69) is 49.3 Å². The van der Waals surface area contributed by atoms with Gasteiger partial charge in [0.1, 0.15) is 6.61 Å². The van der Waals surface area contributed by atoms with E-state index in [-0.39, 0.29) is 0 Å². The highest BCUT2D eigenvalue weighted by atomic mass is 16.5. The van der Waals surface area contributed by atoms with E-state index in [1.807, 2.05) is 12.1 Å². The number of hydrogen-bond donors (Lipinski definition) is 0. The number of azo groups is 1. The van der Waals surface area contributed by atoms with Crippen molar-refractivity contribution in [3.8, 4) is 5.88 Å². The Labute approximate surface area is 195 Å². The van der Waals surface area contributed by atoms with Crippen LogP contribution in [-0.4, -0.2) is 75.6 Å². The van der Waals surface area contributed by atoms with Crippen molar-refractivity contribution in [2.75, 3.05) is 70.7 Å². The molecule has 0 bridgehead atoms. The van der Waals surface area contributed by atoms with Gasteiger partial charge in [-0.25, -0.2) is 0 Å². The van der Waals surface area contributed by atoms with Crippen molar-refractivity contribution in [3.63, 3.8) is 0 Å². The quantitative estimate of drug-likeness (QED) is 0.540. The summed E-state index contributed by atoms with van der Waals surface area (Å²) in [5.41, 5.74) is 3.67. The van der Waals surface area contributed by atoms with Crippen LogP contribution in [0.1, 0.15) is 29.9 Å². The van der Waals surface area contributed by atoms with Crippen LogP contribution in [-0.2, 0) is 16.0 Å². The third-order valence-corrected chi connectivity index (χ3v) is 6.34. The molecule has 1 aromatic carbocycles. The monoisotopic (exact) mass is 451 g/mol. The Kier molecular flexibility index (Phi) is 7.45. The zero-order valence-corrected chi connectivity index (χ0v) is 19.2. The molecule has 8 heteroatoms. The average Bonchev–Trinajstić information content (AvgIpc) is 3.71. The van der Waals surface area contributed by atoms with Crippen LogP contribution in [0.3, 0.4) is 0 Å². The zero-order chi connectivity index (χ0) is 22.3. The van der Waals surface area contributed by atoms with Crippen molar-refractivity contribution in [2.45, 2.75) is 25.3 Å². The molecule has 1 saturated carbocycles. The number of pyridine rings is 1. The first kappa shape index (κ1) is 22.3. The van der Waals surface area contributed by atoms with E-state index in [0.29, 0.717) is 24.8 Å². The summed E-state index contributed by atoms with van der Waals surface area (Å²) in [6.07, 6.45) is 2.61. The summed E-state index contributed by atoms with van der Waals surface area (Å²) in [5, 5.41) is 8.91. The van der Waals surface area contributed by atoms with Crippen LogP contribution in [0.2, 0.25) is 0 Å². The fraction of sp³-hybridized carbons (Fsp3) is 0.560. The summed E-state index contributed by atoms with van der Waals surface area (Å²) in [6.45, 7) is 8.63. The van der Waals surface area contributed by atoms with Crippen LogP contribution < -0.4 is 9.64 Å². The molecule has 0 unspecified atom stereocenters. The van der Waals surface area contributed by atoms with Gasteiger partial charge in [-0.15, -0.1) is 5.11 Å². The van der Waals surface area contributed by atoms with Gasteiger partial charge in [0, 0.05) is 50.5 Å². The molecule has 0 N–H and O–H groups in total. The van der Waals surface area contributed by atoms with Gasteiger partial charge in [0.05, 0.1) is 33.0 Å². The number of ether oxygens (including phenoxy) is 3. The third kappa shape index (κ3) is 6.50. The molecule has 8 nitrogen and oxygen atoms in total. The molecule has 176 valence electrons. The minimum absolute atomic E-state index is 0.553. The highest BCUT2D eigenvalue weighted by molar-refractivity contribution is 5.55. The molecule has 3 aliphatic rings. The number of anilines is 1. The summed E-state index contributed by atoms with van der Waals surface area (Å²) in [4.78, 5) is 9.26. The number of hydrogen-bond acceptors (Lipinski definition) is 8. The van der Waals surface area contributed by atoms with Crippen LogP contribution in [0.4, 0.5) is 11.5 Å². The number of morpholine rings is 2. The minimum atomic E-state index is 0.553. The second-order valence-corrected chi connectivity index (χ2v) is 8.84. The van der Waals surface area contributed by atoms with Gasteiger partial charge in [-0.1, -0.05) is 24.3 Å². The van der Waals surface area contributed by atoms with E-state index in [4.69, 9.17) is 14.2 Å². The number of rotatable bonds is 9. The summed E-state index contributed by atoms with van der Waals surface area (Å²) >= 11 is 0. The Morgan fingerprint density at radius 2 is 1.76 bits per heavy atom. The van der Waals surface area contributed by atoms with Crippen molar-refractivity contribution in [1.82, 2.24) is 9.88 Å². The summed E-state index contributed by atoms with van der Waals surface area (Å²) in [7, 11) is 0. The van der Waals surface area contributed by atoms with Crippen LogP contribution in [0.5, 0.6) is 5.88 Å². The van der Waals surface area contributed by atoms with Gasteiger partial charge in [0.2, 0.25) is 5.88 Å². The number of aromatic nitrogens is 1. The summed E-state index contributed by atoms with van der Waals surface area (Å²) in [6, 6.07) is 12.7. The second-order valence-electron chi connectivity index (χ2n) is 8.84. The molecule has 1 aromatic heterocycles. The summed E-state index contributed by atoms with van der Waals surface area (Å²) < 4.78 is 17.0. The predicted octanol–water partition coefficient (Wildman–Crippen LogP) is 3.79. The predicted molar refractivity (Wildman–Crippen MR) is 127 cm³/mol. The van der Waals surface area contributed by atoms with Crippen molar-refractivity contribution >= 4 is 11.5 Å². The molecule has 2 aliphatic heterocycles. The second kappa shape index (κ2) is 11.0. The fourth-order valence-electron chi connectivity index (χ4n) is 4.26. The van der Waals surface area contributed by atoms with E-state index >= 15 is 0 Å². The van der Waals surface area contributed by atoms with E-state index in [1.165, 1.54) is 24.0 Å². The van der Waals surface area contributed by atoms with E-state index < -0.39 is 0 Å². The number of nitrogens with zero attached hydrogens (tertiary/aromatic N) is 5. The van der Waals surface area contributed by atoms with E-state index in [1.54, 1.807) is 0 Å². The lowest BCUT2D eigenvalue weighted by Crippen LogP contribution is -2.38.